The van der Waals surface area contributed by atoms with E-state index in [9.17, 15) is 4.79 Å². The van der Waals surface area contributed by atoms with E-state index in [2.05, 4.69) is 16.9 Å². The van der Waals surface area contributed by atoms with Gasteiger partial charge in [0, 0.05) is 25.7 Å². The van der Waals surface area contributed by atoms with E-state index in [1.807, 2.05) is 0 Å². The van der Waals surface area contributed by atoms with Crippen LogP contribution in [-0.4, -0.2) is 32.3 Å². The van der Waals surface area contributed by atoms with Gasteiger partial charge in [-0.15, -0.1) is 0 Å². The molecule has 1 aromatic rings. The van der Waals surface area contributed by atoms with Crippen molar-refractivity contribution in [3.63, 3.8) is 0 Å². The summed E-state index contributed by atoms with van der Waals surface area (Å²) in [7, 11) is 1.81. The van der Waals surface area contributed by atoms with Gasteiger partial charge in [-0.05, 0) is 13.0 Å². The molecule has 0 unspecified atom stereocenters. The standard InChI is InChI=1S/C10H15N3O2/c1-3-4-13-5-7-8(6-13)12(2)11-9(7)10(14)15/h3-6H2,1-2H3,(H,14,15). The summed E-state index contributed by atoms with van der Waals surface area (Å²) in [5.41, 5.74) is 2.14. The summed E-state index contributed by atoms with van der Waals surface area (Å²) in [5, 5.41) is 13.0. The summed E-state index contributed by atoms with van der Waals surface area (Å²) in [6.45, 7) is 4.67. The maximum absolute atomic E-state index is 10.9. The highest BCUT2D eigenvalue weighted by atomic mass is 16.4. The number of carbonyl (C=O) groups is 1. The van der Waals surface area contributed by atoms with E-state index in [1.54, 1.807) is 11.7 Å². The van der Waals surface area contributed by atoms with E-state index in [1.165, 1.54) is 0 Å². The Bertz CT molecular complexity index is 398. The quantitative estimate of drug-likeness (QED) is 0.801. The molecule has 15 heavy (non-hydrogen) atoms. The zero-order valence-electron chi connectivity index (χ0n) is 9.03. The fraction of sp³-hybridized carbons (Fsp3) is 0.600. The summed E-state index contributed by atoms with van der Waals surface area (Å²) in [6.07, 6.45) is 1.09. The van der Waals surface area contributed by atoms with Crippen LogP contribution in [0.25, 0.3) is 0 Å². The van der Waals surface area contributed by atoms with Crippen LogP contribution in [0.15, 0.2) is 0 Å². The minimum absolute atomic E-state index is 0.214. The van der Waals surface area contributed by atoms with E-state index >= 15 is 0 Å². The molecule has 1 N–H and O–H groups in total. The third kappa shape index (κ3) is 1.63. The first-order valence-corrected chi connectivity index (χ1v) is 5.14. The van der Waals surface area contributed by atoms with Crippen molar-refractivity contribution in [2.45, 2.75) is 26.4 Å². The molecule has 82 valence electrons. The summed E-state index contributed by atoms with van der Waals surface area (Å²) >= 11 is 0. The van der Waals surface area contributed by atoms with Gasteiger partial charge in [-0.25, -0.2) is 4.79 Å². The van der Waals surface area contributed by atoms with Crippen LogP contribution in [-0.2, 0) is 20.1 Å². The first kappa shape index (κ1) is 10.2. The number of rotatable bonds is 3. The Balaban J connectivity index is 2.29. The zero-order valence-corrected chi connectivity index (χ0v) is 9.03. The highest BCUT2D eigenvalue weighted by Crippen LogP contribution is 2.25. The number of aromatic carboxylic acids is 1. The predicted octanol–water partition coefficient (Wildman–Crippen LogP) is 0.844. The first-order chi connectivity index (χ1) is 7.13. The van der Waals surface area contributed by atoms with Crippen molar-refractivity contribution in [2.24, 2.45) is 7.05 Å². The van der Waals surface area contributed by atoms with Crippen molar-refractivity contribution in [1.82, 2.24) is 14.7 Å². The number of fused-ring (bicyclic) bond motifs is 1. The molecule has 0 atom stereocenters. The molecule has 2 rings (SSSR count). The van der Waals surface area contributed by atoms with Crippen LogP contribution in [0, 0.1) is 0 Å². The van der Waals surface area contributed by atoms with Gasteiger partial charge in [-0.2, -0.15) is 5.10 Å². The summed E-state index contributed by atoms with van der Waals surface area (Å²) in [5.74, 6) is -0.926. The second kappa shape index (κ2) is 3.66. The number of aromatic nitrogens is 2. The first-order valence-electron chi connectivity index (χ1n) is 5.14. The van der Waals surface area contributed by atoms with E-state index in [0.717, 1.165) is 37.3 Å². The Morgan fingerprint density at radius 1 is 1.53 bits per heavy atom. The topological polar surface area (TPSA) is 58.4 Å². The minimum atomic E-state index is -0.926. The Kier molecular flexibility index (Phi) is 2.48. The predicted molar refractivity (Wildman–Crippen MR) is 54.6 cm³/mol. The van der Waals surface area contributed by atoms with Crippen molar-refractivity contribution in [1.29, 1.82) is 0 Å². The second-order valence-corrected chi connectivity index (χ2v) is 3.91. The molecule has 0 aliphatic carbocycles. The molecule has 5 heteroatoms. The van der Waals surface area contributed by atoms with Crippen molar-refractivity contribution in [2.75, 3.05) is 6.54 Å². The lowest BCUT2D eigenvalue weighted by atomic mass is 10.2. The lowest BCUT2D eigenvalue weighted by Gasteiger charge is -2.13. The largest absolute Gasteiger partial charge is 0.476 e. The second-order valence-electron chi connectivity index (χ2n) is 3.91. The maximum atomic E-state index is 10.9. The zero-order chi connectivity index (χ0) is 11.0. The van der Waals surface area contributed by atoms with Crippen LogP contribution in [0.1, 0.15) is 35.1 Å². The summed E-state index contributed by atoms with van der Waals surface area (Å²) in [4.78, 5) is 13.2. The van der Waals surface area contributed by atoms with Gasteiger partial charge in [0.25, 0.3) is 0 Å². The number of hydrogen-bond donors (Lipinski definition) is 1. The van der Waals surface area contributed by atoms with E-state index in [-0.39, 0.29) is 5.69 Å². The molecule has 0 saturated heterocycles. The normalized spacial score (nSPS) is 15.6. The summed E-state index contributed by atoms with van der Waals surface area (Å²) < 4.78 is 1.69. The van der Waals surface area contributed by atoms with Crippen LogP contribution in [0.4, 0.5) is 0 Å². The van der Waals surface area contributed by atoms with Gasteiger partial charge in [0.05, 0.1) is 5.69 Å². The minimum Gasteiger partial charge on any atom is -0.476 e. The molecule has 0 aromatic carbocycles. The molecule has 1 aromatic heterocycles. The van der Waals surface area contributed by atoms with E-state index < -0.39 is 5.97 Å². The fourth-order valence-electron chi connectivity index (χ4n) is 2.10. The number of hydrogen-bond acceptors (Lipinski definition) is 3. The lowest BCUT2D eigenvalue weighted by Crippen LogP contribution is -2.19. The smallest absolute Gasteiger partial charge is 0.356 e. The molecule has 0 saturated carbocycles. The van der Waals surface area contributed by atoms with Crippen molar-refractivity contribution in [3.05, 3.63) is 17.0 Å². The van der Waals surface area contributed by atoms with Crippen molar-refractivity contribution >= 4 is 5.97 Å². The Morgan fingerprint density at radius 3 is 2.87 bits per heavy atom. The average Bonchev–Trinajstić information content (AvgIpc) is 2.68. The molecule has 1 aliphatic heterocycles. The molecule has 0 spiro atoms. The molecule has 1 aliphatic rings. The van der Waals surface area contributed by atoms with Crippen LogP contribution >= 0.6 is 0 Å². The number of carboxylic acids is 1. The molecule has 0 amide bonds. The van der Waals surface area contributed by atoms with E-state index in [4.69, 9.17) is 5.11 Å². The molecule has 0 fully saturated rings. The highest BCUT2D eigenvalue weighted by Gasteiger charge is 2.28. The molecule has 0 radical (unpaired) electrons. The molecule has 5 nitrogen and oxygen atoms in total. The van der Waals surface area contributed by atoms with Crippen LogP contribution in [0.5, 0.6) is 0 Å². The van der Waals surface area contributed by atoms with Gasteiger partial charge in [0.1, 0.15) is 0 Å². The van der Waals surface area contributed by atoms with Crippen molar-refractivity contribution < 1.29 is 9.90 Å². The molecule has 0 bridgehead atoms. The van der Waals surface area contributed by atoms with Crippen LogP contribution < -0.4 is 0 Å². The van der Waals surface area contributed by atoms with Gasteiger partial charge < -0.3 is 5.11 Å². The highest BCUT2D eigenvalue weighted by molar-refractivity contribution is 5.87. The SMILES string of the molecule is CCCN1Cc2c(C(=O)O)nn(C)c2C1. The Hall–Kier alpha value is -1.36. The van der Waals surface area contributed by atoms with Gasteiger partial charge in [0.15, 0.2) is 5.69 Å². The van der Waals surface area contributed by atoms with Gasteiger partial charge >= 0.3 is 5.97 Å². The number of aryl methyl sites for hydroxylation is 1. The number of nitrogens with zero attached hydrogens (tertiary/aromatic N) is 3. The third-order valence-electron chi connectivity index (χ3n) is 2.77. The van der Waals surface area contributed by atoms with Gasteiger partial charge in [0.2, 0.25) is 0 Å². The molecular weight excluding hydrogens is 194 g/mol. The van der Waals surface area contributed by atoms with Crippen LogP contribution in [0.3, 0.4) is 0 Å². The monoisotopic (exact) mass is 209 g/mol. The average molecular weight is 209 g/mol. The third-order valence-corrected chi connectivity index (χ3v) is 2.77. The van der Waals surface area contributed by atoms with Crippen molar-refractivity contribution in [3.8, 4) is 0 Å². The number of carboxylic acid groups (broad SMARTS) is 1. The lowest BCUT2D eigenvalue weighted by molar-refractivity contribution is 0.0687. The van der Waals surface area contributed by atoms with Gasteiger partial charge in [-0.1, -0.05) is 6.92 Å². The van der Waals surface area contributed by atoms with E-state index in [0.29, 0.717) is 0 Å². The maximum Gasteiger partial charge on any atom is 0.356 e. The molecule has 2 heterocycles. The summed E-state index contributed by atoms with van der Waals surface area (Å²) in [6, 6.07) is 0. The Morgan fingerprint density at radius 2 is 2.27 bits per heavy atom. The van der Waals surface area contributed by atoms with Gasteiger partial charge in [-0.3, -0.25) is 9.58 Å². The Labute approximate surface area is 88.3 Å². The molecular formula is C10H15N3O2. The van der Waals surface area contributed by atoms with Crippen LogP contribution in [0.2, 0.25) is 0 Å². The fourth-order valence-corrected chi connectivity index (χ4v) is 2.10.